The van der Waals surface area contributed by atoms with Gasteiger partial charge in [0, 0.05) is 12.4 Å². The van der Waals surface area contributed by atoms with E-state index < -0.39 is 35.2 Å². The van der Waals surface area contributed by atoms with Gasteiger partial charge in [0.2, 0.25) is 0 Å². The minimum atomic E-state index is -5.08. The van der Waals surface area contributed by atoms with E-state index in [1.165, 1.54) is 28.8 Å². The van der Waals surface area contributed by atoms with Gasteiger partial charge in [-0.1, -0.05) is 54.6 Å². The molecule has 2 unspecified atom stereocenters. The quantitative estimate of drug-likeness (QED) is 0.234. The molecule has 0 saturated carbocycles. The maximum atomic E-state index is 14.7. The van der Waals surface area contributed by atoms with E-state index in [4.69, 9.17) is 4.74 Å². The van der Waals surface area contributed by atoms with E-state index in [2.05, 4.69) is 0 Å². The third-order valence-electron chi connectivity index (χ3n) is 6.53. The SMILES string of the molecule is Cn1c2c(c3ccccc31)OC(=O)C(C(F)(F)F)C2(c1ccccc1)c1ccc(C(F)(F)F)cc1. The van der Waals surface area contributed by atoms with Crippen LogP contribution in [0.15, 0.2) is 78.9 Å². The van der Waals surface area contributed by atoms with Crippen LogP contribution in [0.3, 0.4) is 0 Å². The first-order valence-corrected chi connectivity index (χ1v) is 10.6. The van der Waals surface area contributed by atoms with Crippen molar-refractivity contribution in [3.05, 3.63) is 101 Å². The zero-order valence-corrected chi connectivity index (χ0v) is 18.1. The third kappa shape index (κ3) is 3.32. The first-order chi connectivity index (χ1) is 16.5. The summed E-state index contributed by atoms with van der Waals surface area (Å²) < 4.78 is 90.9. The summed E-state index contributed by atoms with van der Waals surface area (Å²) in [5, 5.41) is 0.422. The number of carbonyl (C=O) groups is 1. The van der Waals surface area contributed by atoms with E-state index in [-0.39, 0.29) is 22.6 Å². The van der Waals surface area contributed by atoms with Crippen molar-refractivity contribution in [1.82, 2.24) is 4.57 Å². The lowest BCUT2D eigenvalue weighted by Crippen LogP contribution is -2.54. The molecule has 4 aromatic rings. The number of ether oxygens (including phenoxy) is 1. The number of aryl methyl sites for hydroxylation is 1. The molecular formula is C26H17F6NO2. The van der Waals surface area contributed by atoms with Crippen molar-refractivity contribution in [1.29, 1.82) is 0 Å². The van der Waals surface area contributed by atoms with Crippen LogP contribution in [0.2, 0.25) is 0 Å². The number of nitrogens with zero attached hydrogens (tertiary/aromatic N) is 1. The highest BCUT2D eigenvalue weighted by atomic mass is 19.4. The molecule has 3 nitrogen and oxygen atoms in total. The molecule has 35 heavy (non-hydrogen) atoms. The largest absolute Gasteiger partial charge is 0.423 e. The lowest BCUT2D eigenvalue weighted by molar-refractivity contribution is -0.203. The Morgan fingerprint density at radius 1 is 0.800 bits per heavy atom. The molecule has 2 atom stereocenters. The highest BCUT2D eigenvalue weighted by Gasteiger charge is 2.65. The van der Waals surface area contributed by atoms with Crippen LogP contribution in [0.4, 0.5) is 26.3 Å². The molecule has 1 aliphatic heterocycles. The standard InChI is InChI=1S/C26H17F6NO2/c1-33-19-10-6-5-9-18(19)20-22(33)24(15-7-3-2-4-8-15,21(23(34)35-20)26(30,31)32)16-11-13-17(14-12-16)25(27,28)29/h2-14,21H,1H3. The zero-order chi connectivity index (χ0) is 25.2. The van der Waals surface area contributed by atoms with Crippen molar-refractivity contribution >= 4 is 16.9 Å². The topological polar surface area (TPSA) is 31.2 Å². The van der Waals surface area contributed by atoms with Crippen LogP contribution in [0.5, 0.6) is 5.75 Å². The monoisotopic (exact) mass is 489 g/mol. The number of alkyl halides is 6. The maximum absolute atomic E-state index is 14.7. The van der Waals surface area contributed by atoms with E-state index in [9.17, 15) is 31.1 Å². The van der Waals surface area contributed by atoms with E-state index in [0.717, 1.165) is 24.3 Å². The molecule has 0 saturated heterocycles. The average molecular weight is 489 g/mol. The van der Waals surface area contributed by atoms with Crippen molar-refractivity contribution in [2.45, 2.75) is 17.8 Å². The molecule has 0 spiro atoms. The summed E-state index contributed by atoms with van der Waals surface area (Å²) in [6, 6.07) is 17.7. The third-order valence-corrected chi connectivity index (χ3v) is 6.53. The van der Waals surface area contributed by atoms with Gasteiger partial charge in [0.25, 0.3) is 0 Å². The van der Waals surface area contributed by atoms with Crippen molar-refractivity contribution < 1.29 is 35.9 Å². The molecule has 0 fully saturated rings. The number of para-hydroxylation sites is 1. The van der Waals surface area contributed by atoms with Crippen LogP contribution >= 0.6 is 0 Å². The second kappa shape index (κ2) is 7.63. The van der Waals surface area contributed by atoms with Crippen LogP contribution in [0, 0.1) is 5.92 Å². The van der Waals surface area contributed by atoms with Crippen LogP contribution in [0.1, 0.15) is 22.4 Å². The smallest absolute Gasteiger partial charge is 0.416 e. The fourth-order valence-electron chi connectivity index (χ4n) is 5.15. The Morgan fingerprint density at radius 3 is 1.97 bits per heavy atom. The first-order valence-electron chi connectivity index (χ1n) is 10.6. The van der Waals surface area contributed by atoms with Gasteiger partial charge < -0.3 is 9.30 Å². The molecule has 3 aromatic carbocycles. The number of halogens is 6. The molecule has 0 radical (unpaired) electrons. The molecule has 5 rings (SSSR count). The van der Waals surface area contributed by atoms with Crippen LogP contribution in [-0.4, -0.2) is 16.7 Å². The molecule has 2 heterocycles. The molecule has 0 aliphatic carbocycles. The van der Waals surface area contributed by atoms with Gasteiger partial charge in [-0.15, -0.1) is 0 Å². The second-order valence-electron chi connectivity index (χ2n) is 8.40. The van der Waals surface area contributed by atoms with Crippen molar-refractivity contribution in [2.24, 2.45) is 13.0 Å². The van der Waals surface area contributed by atoms with Gasteiger partial charge in [-0.3, -0.25) is 4.79 Å². The highest BCUT2D eigenvalue weighted by Crippen LogP contribution is 2.58. The molecule has 0 amide bonds. The Hall–Kier alpha value is -3.75. The normalized spacial score (nSPS) is 20.5. The Kier molecular flexibility index (Phi) is 5.02. The summed E-state index contributed by atoms with van der Waals surface area (Å²) in [6.45, 7) is 0. The summed E-state index contributed by atoms with van der Waals surface area (Å²) in [5.74, 6) is -4.27. The number of fused-ring (bicyclic) bond motifs is 3. The summed E-state index contributed by atoms with van der Waals surface area (Å²) in [6.07, 6.45) is -9.76. The number of carbonyl (C=O) groups excluding carboxylic acids is 1. The van der Waals surface area contributed by atoms with Crippen LogP contribution in [-0.2, 0) is 23.4 Å². The number of aromatic nitrogens is 1. The minimum absolute atomic E-state index is 0.0339. The molecule has 0 bridgehead atoms. The van der Waals surface area contributed by atoms with Gasteiger partial charge in [0.15, 0.2) is 11.7 Å². The Balaban J connectivity index is 1.97. The number of hydrogen-bond acceptors (Lipinski definition) is 2. The summed E-state index contributed by atoms with van der Waals surface area (Å²) in [5.41, 5.74) is -2.67. The molecule has 1 aliphatic rings. The number of hydrogen-bond donors (Lipinski definition) is 0. The van der Waals surface area contributed by atoms with Gasteiger partial charge in [-0.25, -0.2) is 0 Å². The average Bonchev–Trinajstić information content (AvgIpc) is 3.09. The van der Waals surface area contributed by atoms with Gasteiger partial charge in [0.1, 0.15) is 0 Å². The lowest BCUT2D eigenvalue weighted by Gasteiger charge is -2.44. The van der Waals surface area contributed by atoms with Gasteiger partial charge in [-0.2, -0.15) is 26.3 Å². The summed E-state index contributed by atoms with van der Waals surface area (Å²) in [7, 11) is 1.55. The van der Waals surface area contributed by atoms with Gasteiger partial charge in [-0.05, 0) is 35.4 Å². The fraction of sp³-hybridized carbons (Fsp3) is 0.192. The zero-order valence-electron chi connectivity index (χ0n) is 18.1. The van der Waals surface area contributed by atoms with Crippen LogP contribution in [0.25, 0.3) is 10.9 Å². The highest BCUT2D eigenvalue weighted by molar-refractivity contribution is 5.96. The van der Waals surface area contributed by atoms with Crippen molar-refractivity contribution in [3.8, 4) is 5.75 Å². The van der Waals surface area contributed by atoms with Crippen LogP contribution < -0.4 is 4.74 Å². The van der Waals surface area contributed by atoms with E-state index in [1.54, 1.807) is 37.4 Å². The van der Waals surface area contributed by atoms with E-state index >= 15 is 0 Å². The molecular weight excluding hydrogens is 472 g/mol. The summed E-state index contributed by atoms with van der Waals surface area (Å²) in [4.78, 5) is 13.1. The van der Waals surface area contributed by atoms with Gasteiger partial charge in [0.05, 0.1) is 22.2 Å². The second-order valence-corrected chi connectivity index (χ2v) is 8.40. The maximum Gasteiger partial charge on any atom is 0.416 e. The van der Waals surface area contributed by atoms with E-state index in [0.29, 0.717) is 10.9 Å². The number of esters is 1. The van der Waals surface area contributed by atoms with Crippen molar-refractivity contribution in [2.75, 3.05) is 0 Å². The molecule has 0 N–H and O–H groups in total. The first kappa shape index (κ1) is 23.0. The van der Waals surface area contributed by atoms with Gasteiger partial charge >= 0.3 is 18.3 Å². The summed E-state index contributed by atoms with van der Waals surface area (Å²) >= 11 is 0. The Labute approximate surface area is 195 Å². The van der Waals surface area contributed by atoms with Crippen molar-refractivity contribution in [3.63, 3.8) is 0 Å². The molecule has 9 heteroatoms. The number of benzene rings is 3. The predicted molar refractivity (Wildman–Crippen MR) is 116 cm³/mol. The number of rotatable bonds is 2. The fourth-order valence-corrected chi connectivity index (χ4v) is 5.15. The lowest BCUT2D eigenvalue weighted by atomic mass is 9.62. The predicted octanol–water partition coefficient (Wildman–Crippen LogP) is 6.63. The van der Waals surface area contributed by atoms with E-state index in [1.807, 2.05) is 0 Å². The Bertz CT molecular complexity index is 1420. The molecule has 180 valence electrons. The minimum Gasteiger partial charge on any atom is -0.423 e. The Morgan fingerprint density at radius 2 is 1.37 bits per heavy atom. The molecule has 1 aromatic heterocycles.